The number of carbonyl (C=O) groups excluding carboxylic acids is 4. The van der Waals surface area contributed by atoms with Crippen LogP contribution in [0.1, 0.15) is 83.7 Å². The summed E-state index contributed by atoms with van der Waals surface area (Å²) in [6.07, 6.45) is 0.591. The maximum Gasteiger partial charge on any atom is 0.338 e. The van der Waals surface area contributed by atoms with Crippen molar-refractivity contribution in [1.82, 2.24) is 0 Å². The second kappa shape index (κ2) is 13.3. The van der Waals surface area contributed by atoms with Crippen molar-refractivity contribution in [1.29, 1.82) is 0 Å². The third-order valence-corrected chi connectivity index (χ3v) is 10.6. The van der Waals surface area contributed by atoms with Gasteiger partial charge in [-0.05, 0) is 69.7 Å². The molecule has 0 N–H and O–H groups in total. The van der Waals surface area contributed by atoms with Crippen LogP contribution in [-0.2, 0) is 38.1 Å². The summed E-state index contributed by atoms with van der Waals surface area (Å²) in [4.78, 5) is 53.7. The van der Waals surface area contributed by atoms with Crippen molar-refractivity contribution >= 4 is 30.0 Å². The van der Waals surface area contributed by atoms with Gasteiger partial charge in [-0.25, -0.2) is 9.59 Å². The Labute approximate surface area is 276 Å². The number of hydrogen-bond acceptors (Lipinski definition) is 9. The molecule has 1 saturated heterocycles. The van der Waals surface area contributed by atoms with Gasteiger partial charge < -0.3 is 23.7 Å². The molecule has 3 fully saturated rings. The van der Waals surface area contributed by atoms with Crippen LogP contribution in [0.4, 0.5) is 0 Å². The second-order valence-corrected chi connectivity index (χ2v) is 13.9. The minimum atomic E-state index is -1.32. The Morgan fingerprint density at radius 1 is 0.894 bits per heavy atom. The van der Waals surface area contributed by atoms with Gasteiger partial charge >= 0.3 is 23.9 Å². The third kappa shape index (κ3) is 6.10. The van der Waals surface area contributed by atoms with E-state index in [9.17, 15) is 19.2 Å². The summed E-state index contributed by atoms with van der Waals surface area (Å²) in [5.41, 5.74) is -2.44. The normalized spacial score (nSPS) is 32.9. The Hall–Kier alpha value is -3.98. The van der Waals surface area contributed by atoms with E-state index in [2.05, 4.69) is 0 Å². The van der Waals surface area contributed by atoms with E-state index >= 15 is 0 Å². The summed E-state index contributed by atoms with van der Waals surface area (Å²) in [7, 11) is 0. The molecule has 0 unspecified atom stereocenters. The first kappa shape index (κ1) is 34.4. The van der Waals surface area contributed by atoms with Gasteiger partial charge in [0.2, 0.25) is 0 Å². The van der Waals surface area contributed by atoms with Crippen molar-refractivity contribution < 1.29 is 42.9 Å². The molecule has 0 radical (unpaired) electrons. The van der Waals surface area contributed by atoms with E-state index in [-0.39, 0.29) is 5.92 Å². The Morgan fingerprint density at radius 3 is 2.15 bits per heavy atom. The van der Waals surface area contributed by atoms with Crippen molar-refractivity contribution in [3.8, 4) is 0 Å². The molecule has 1 aliphatic heterocycles. The Kier molecular flexibility index (Phi) is 9.69. The van der Waals surface area contributed by atoms with Crippen LogP contribution in [0.2, 0.25) is 0 Å². The molecular formula is C38H46O9. The lowest BCUT2D eigenvalue weighted by molar-refractivity contribution is -0.299. The molecule has 9 nitrogen and oxygen atoms in total. The van der Waals surface area contributed by atoms with Crippen LogP contribution in [0.15, 0.2) is 66.7 Å². The largest absolute Gasteiger partial charge is 0.459 e. The fraction of sp³-hybridized carbons (Fsp3) is 0.526. The molecule has 9 heteroatoms. The molecular weight excluding hydrogens is 600 g/mol. The first-order chi connectivity index (χ1) is 22.3. The molecule has 0 aromatic heterocycles. The molecule has 9 atom stereocenters. The molecule has 0 amide bonds. The maximum absolute atomic E-state index is 13.9. The average molecular weight is 647 g/mol. The number of ether oxygens (including phenoxy) is 5. The molecule has 2 aromatic rings. The first-order valence-corrected chi connectivity index (χ1v) is 16.5. The number of hydrogen-bond donors (Lipinski definition) is 0. The number of carbonyl (C=O) groups is 4. The van der Waals surface area contributed by atoms with Gasteiger partial charge in [0.25, 0.3) is 0 Å². The van der Waals surface area contributed by atoms with Crippen molar-refractivity contribution in [3.63, 3.8) is 0 Å². The predicted molar refractivity (Wildman–Crippen MR) is 174 cm³/mol. The highest BCUT2D eigenvalue weighted by molar-refractivity contribution is 5.89. The van der Waals surface area contributed by atoms with E-state index in [0.717, 1.165) is 5.56 Å². The average Bonchev–Trinajstić information content (AvgIpc) is 3.25. The van der Waals surface area contributed by atoms with Gasteiger partial charge in [-0.3, -0.25) is 9.59 Å². The summed E-state index contributed by atoms with van der Waals surface area (Å²) in [5, 5.41) is 0. The Morgan fingerprint density at radius 2 is 1.53 bits per heavy atom. The van der Waals surface area contributed by atoms with Crippen LogP contribution in [0.3, 0.4) is 0 Å². The maximum atomic E-state index is 13.9. The van der Waals surface area contributed by atoms with Crippen molar-refractivity contribution in [3.05, 3.63) is 77.9 Å². The van der Waals surface area contributed by atoms with Crippen LogP contribution in [0, 0.1) is 23.2 Å². The fourth-order valence-corrected chi connectivity index (χ4v) is 8.12. The topological polar surface area (TPSA) is 114 Å². The Bertz CT molecular complexity index is 1500. The number of rotatable bonds is 9. The van der Waals surface area contributed by atoms with E-state index < -0.39 is 76.7 Å². The van der Waals surface area contributed by atoms with Crippen LogP contribution in [-0.4, -0.2) is 59.5 Å². The summed E-state index contributed by atoms with van der Waals surface area (Å²) in [6, 6.07) is 17.9. The monoisotopic (exact) mass is 646 g/mol. The van der Waals surface area contributed by atoms with Gasteiger partial charge in [0.15, 0.2) is 6.10 Å². The van der Waals surface area contributed by atoms with Crippen molar-refractivity contribution in [2.75, 3.05) is 0 Å². The Balaban J connectivity index is 1.67. The summed E-state index contributed by atoms with van der Waals surface area (Å²) >= 11 is 0. The lowest BCUT2D eigenvalue weighted by Gasteiger charge is -2.62. The highest BCUT2D eigenvalue weighted by Gasteiger charge is 2.82. The van der Waals surface area contributed by atoms with E-state index in [1.807, 2.05) is 65.0 Å². The predicted octanol–water partition coefficient (Wildman–Crippen LogP) is 6.34. The van der Waals surface area contributed by atoms with Crippen molar-refractivity contribution in [2.45, 2.75) is 103 Å². The number of fused-ring (bicyclic) bond motifs is 1. The lowest BCUT2D eigenvalue weighted by atomic mass is 9.48. The molecule has 2 saturated carbocycles. The van der Waals surface area contributed by atoms with Crippen LogP contribution in [0.25, 0.3) is 6.08 Å². The van der Waals surface area contributed by atoms with Gasteiger partial charge in [-0.2, -0.15) is 0 Å². The minimum Gasteiger partial charge on any atom is -0.459 e. The smallest absolute Gasteiger partial charge is 0.338 e. The van der Waals surface area contributed by atoms with Gasteiger partial charge in [0.05, 0.1) is 28.4 Å². The quantitative estimate of drug-likeness (QED) is 0.175. The molecule has 5 rings (SSSR count). The first-order valence-electron chi connectivity index (χ1n) is 16.5. The van der Waals surface area contributed by atoms with E-state index in [1.54, 1.807) is 43.3 Å². The van der Waals surface area contributed by atoms with Crippen LogP contribution < -0.4 is 0 Å². The highest BCUT2D eigenvalue weighted by Crippen LogP contribution is 2.68. The van der Waals surface area contributed by atoms with Crippen molar-refractivity contribution in [2.24, 2.45) is 23.2 Å². The molecule has 2 aliphatic carbocycles. The zero-order valence-electron chi connectivity index (χ0n) is 28.3. The minimum absolute atomic E-state index is 0.222. The van der Waals surface area contributed by atoms with E-state index in [4.69, 9.17) is 23.7 Å². The van der Waals surface area contributed by atoms with Gasteiger partial charge in [-0.15, -0.1) is 0 Å². The zero-order chi connectivity index (χ0) is 34.1. The van der Waals surface area contributed by atoms with E-state index in [0.29, 0.717) is 24.8 Å². The molecule has 2 aromatic carbocycles. The standard InChI is InChI=1S/C38H46O9/c1-8-23(2)34(41)45-31-30-32(43-25(4)39)38(47-36(30,5)6)24(3)19-21-28(44-29(40)22-20-26-15-11-9-12-16-26)37(38,7)33(31)46-35(42)27-17-13-10-14-18-27/h9-18,20,22-24,28,30-33H,8,19,21H2,1-7H3/b22-20+/t23-,24-,28+,30-,31-,32-,33-,37+,38-/m1/s1. The molecule has 1 heterocycles. The fourth-order valence-electron chi connectivity index (χ4n) is 8.12. The van der Waals surface area contributed by atoms with Gasteiger partial charge in [0.1, 0.15) is 23.9 Å². The zero-order valence-corrected chi connectivity index (χ0v) is 28.3. The lowest BCUT2D eigenvalue weighted by Crippen LogP contribution is -2.76. The molecule has 47 heavy (non-hydrogen) atoms. The highest BCUT2D eigenvalue weighted by atomic mass is 16.6. The SMILES string of the molecule is CC[C@@H](C)C(=O)O[C@@H]1[C@@H]2[C@@H](OC(C)=O)[C@]3(OC2(C)C)[C@H](C)CC[C@H](OC(=O)/C=C/c2ccccc2)[C@@]3(C)[C@@H]1OC(=O)c1ccccc1. The van der Waals surface area contributed by atoms with Gasteiger partial charge in [0, 0.05) is 13.0 Å². The van der Waals surface area contributed by atoms with Gasteiger partial charge in [-0.1, -0.05) is 69.3 Å². The summed E-state index contributed by atoms with van der Waals surface area (Å²) in [5.74, 6) is -3.56. The summed E-state index contributed by atoms with van der Waals surface area (Å²) in [6.45, 7) is 12.6. The molecule has 1 spiro atoms. The van der Waals surface area contributed by atoms with Crippen LogP contribution in [0.5, 0.6) is 0 Å². The summed E-state index contributed by atoms with van der Waals surface area (Å²) < 4.78 is 32.3. The molecule has 252 valence electrons. The molecule has 3 aliphatic rings. The van der Waals surface area contributed by atoms with Crippen LogP contribution >= 0.6 is 0 Å². The van der Waals surface area contributed by atoms with E-state index in [1.165, 1.54) is 13.0 Å². The molecule has 2 bridgehead atoms. The third-order valence-electron chi connectivity index (χ3n) is 10.6. The number of esters is 4. The second-order valence-electron chi connectivity index (χ2n) is 13.9. The number of benzene rings is 2.